The maximum Gasteiger partial charge on any atom is 0.288 e. The Morgan fingerprint density at radius 1 is 1.07 bits per heavy atom. The minimum Gasteiger partial charge on any atom is -0.330 e. The van der Waals surface area contributed by atoms with E-state index in [1.165, 1.54) is 23.1 Å². The summed E-state index contributed by atoms with van der Waals surface area (Å²) in [7, 11) is 0. The number of aromatic nitrogens is 4. The highest BCUT2D eigenvalue weighted by Gasteiger charge is 2.15. The normalized spacial score (nSPS) is 12.4. The van der Waals surface area contributed by atoms with Gasteiger partial charge in [0.25, 0.3) is 11.3 Å². The lowest BCUT2D eigenvalue weighted by Crippen LogP contribution is -2.12. The minimum absolute atomic E-state index is 0.131. The molecule has 0 aliphatic carbocycles. The molecule has 2 heterocycles. The number of rotatable bonds is 7. The van der Waals surface area contributed by atoms with Gasteiger partial charge in [0.05, 0.1) is 16.2 Å². The number of aromatic amines is 1. The summed E-state index contributed by atoms with van der Waals surface area (Å²) in [4.78, 5) is 20.1. The molecule has 0 fully saturated rings. The first kappa shape index (κ1) is 20.8. The van der Waals surface area contributed by atoms with Gasteiger partial charge in [-0.1, -0.05) is 47.0 Å². The lowest BCUT2D eigenvalue weighted by Gasteiger charge is -2.08. The molecule has 6 nitrogen and oxygen atoms in total. The van der Waals surface area contributed by atoms with Crippen molar-refractivity contribution in [1.82, 2.24) is 20.2 Å². The van der Waals surface area contributed by atoms with Crippen LogP contribution in [0.1, 0.15) is 18.0 Å². The quantitative estimate of drug-likeness (QED) is 0.341. The molecule has 0 saturated carbocycles. The Labute approximate surface area is 182 Å². The van der Waals surface area contributed by atoms with Crippen LogP contribution in [0.25, 0.3) is 10.9 Å². The lowest BCUT2D eigenvalue weighted by atomic mass is 10.2. The number of halogens is 2. The fourth-order valence-electron chi connectivity index (χ4n) is 2.66. The first-order valence-corrected chi connectivity index (χ1v) is 11.4. The van der Waals surface area contributed by atoms with E-state index in [1.807, 2.05) is 19.1 Å². The molecule has 0 aliphatic rings. The fraction of sp³-hybridized carbons (Fsp3) is 0.158. The summed E-state index contributed by atoms with van der Waals surface area (Å²) < 4.78 is 25.5. The van der Waals surface area contributed by atoms with Crippen LogP contribution in [0.5, 0.6) is 0 Å². The molecule has 0 amide bonds. The predicted octanol–water partition coefficient (Wildman–Crippen LogP) is 5.69. The topological polar surface area (TPSA) is 83.6 Å². The molecule has 154 valence electrons. The smallest absolute Gasteiger partial charge is 0.288 e. The zero-order valence-corrected chi connectivity index (χ0v) is 18.0. The number of nitrogens with zero attached hydrogens (tertiary/aromatic N) is 3. The second-order valence-electron chi connectivity index (χ2n) is 6.13. The molecule has 0 spiro atoms. The van der Waals surface area contributed by atoms with E-state index < -0.39 is 5.76 Å². The summed E-state index contributed by atoms with van der Waals surface area (Å²) in [5.74, 6) is -1.87. The van der Waals surface area contributed by atoms with Crippen LogP contribution in [-0.4, -0.2) is 25.9 Å². The molecular formula is C19H15F2N5OS3. The van der Waals surface area contributed by atoms with E-state index >= 15 is 0 Å². The zero-order valence-electron chi connectivity index (χ0n) is 15.5. The molecule has 0 saturated heterocycles. The van der Waals surface area contributed by atoms with Crippen molar-refractivity contribution in [3.05, 3.63) is 64.7 Å². The summed E-state index contributed by atoms with van der Waals surface area (Å²) in [5, 5.41) is 12.4. The van der Waals surface area contributed by atoms with E-state index in [2.05, 4.69) is 25.5 Å². The van der Waals surface area contributed by atoms with Gasteiger partial charge in [0.2, 0.25) is 5.13 Å². The van der Waals surface area contributed by atoms with Crippen molar-refractivity contribution >= 4 is 56.6 Å². The van der Waals surface area contributed by atoms with Crippen LogP contribution in [0.15, 0.2) is 62.6 Å². The maximum absolute atomic E-state index is 12.4. The number of alkyl halides is 2. The Morgan fingerprint density at radius 3 is 2.60 bits per heavy atom. The van der Waals surface area contributed by atoms with Crippen LogP contribution in [0.4, 0.5) is 19.6 Å². The number of H-pyrrole nitrogens is 1. The number of nitrogens with one attached hydrogen (secondary N) is 2. The SMILES string of the molecule is CC(Sc1nnc(Nc2ccc(SC(F)F)cc2)s1)c1nc2ccccc2c(=O)[nH]1. The zero-order chi connectivity index (χ0) is 21.1. The molecule has 2 aromatic heterocycles. The number of para-hydroxylation sites is 1. The molecule has 4 aromatic rings. The fourth-order valence-corrected chi connectivity index (χ4v) is 5.13. The molecule has 11 heteroatoms. The largest absolute Gasteiger partial charge is 0.330 e. The Kier molecular flexibility index (Phi) is 6.30. The third kappa shape index (κ3) is 4.97. The Morgan fingerprint density at radius 2 is 1.83 bits per heavy atom. The third-order valence-electron chi connectivity index (χ3n) is 4.03. The van der Waals surface area contributed by atoms with Crippen molar-refractivity contribution in [2.24, 2.45) is 0 Å². The van der Waals surface area contributed by atoms with Crippen molar-refractivity contribution in [3.63, 3.8) is 0 Å². The number of fused-ring (bicyclic) bond motifs is 1. The molecule has 0 aliphatic heterocycles. The van der Waals surface area contributed by atoms with Gasteiger partial charge >= 0.3 is 0 Å². The van der Waals surface area contributed by atoms with Gasteiger partial charge in [-0.25, -0.2) is 4.98 Å². The van der Waals surface area contributed by atoms with Gasteiger partial charge < -0.3 is 10.3 Å². The molecule has 1 atom stereocenters. The van der Waals surface area contributed by atoms with Crippen molar-refractivity contribution in [2.75, 3.05) is 5.32 Å². The van der Waals surface area contributed by atoms with Crippen LogP contribution >= 0.6 is 34.9 Å². The number of hydrogen-bond donors (Lipinski definition) is 2. The number of hydrogen-bond acceptors (Lipinski definition) is 8. The van der Waals surface area contributed by atoms with Crippen molar-refractivity contribution < 1.29 is 8.78 Å². The van der Waals surface area contributed by atoms with Gasteiger partial charge in [0, 0.05) is 10.6 Å². The molecular weight excluding hydrogens is 448 g/mol. The van der Waals surface area contributed by atoms with Crippen LogP contribution in [0.3, 0.4) is 0 Å². The number of anilines is 2. The van der Waals surface area contributed by atoms with E-state index in [4.69, 9.17) is 0 Å². The van der Waals surface area contributed by atoms with Gasteiger partial charge in [-0.2, -0.15) is 8.78 Å². The number of benzene rings is 2. The third-order valence-corrected chi connectivity index (χ3v) is 6.79. The minimum atomic E-state index is -2.44. The highest BCUT2D eigenvalue weighted by molar-refractivity contribution is 8.01. The van der Waals surface area contributed by atoms with Crippen molar-refractivity contribution in [2.45, 2.75) is 27.2 Å². The lowest BCUT2D eigenvalue weighted by molar-refractivity contribution is 0.252. The van der Waals surface area contributed by atoms with Crippen LogP contribution in [0, 0.1) is 0 Å². The van der Waals surface area contributed by atoms with Crippen LogP contribution < -0.4 is 10.9 Å². The highest BCUT2D eigenvalue weighted by Crippen LogP contribution is 2.37. The second kappa shape index (κ2) is 9.11. The summed E-state index contributed by atoms with van der Waals surface area (Å²) in [6.07, 6.45) is 0. The molecule has 2 aromatic carbocycles. The average Bonchev–Trinajstić information content (AvgIpc) is 3.16. The molecule has 1 unspecified atom stereocenters. The van der Waals surface area contributed by atoms with E-state index in [9.17, 15) is 13.6 Å². The standard InChI is InChI=1S/C19H15F2N5OS3/c1-10(15-23-14-5-3-2-4-13(14)16(27)24-15)28-19-26-25-18(30-19)22-11-6-8-12(9-7-11)29-17(20)21/h2-10,17H,1H3,(H,22,25)(H,23,24,27). The first-order chi connectivity index (χ1) is 14.5. The van der Waals surface area contributed by atoms with Gasteiger partial charge in [0.1, 0.15) is 5.82 Å². The van der Waals surface area contributed by atoms with Gasteiger partial charge in [-0.05, 0) is 43.3 Å². The van der Waals surface area contributed by atoms with Crippen LogP contribution in [-0.2, 0) is 0 Å². The molecule has 30 heavy (non-hydrogen) atoms. The molecule has 4 rings (SSSR count). The molecule has 0 bridgehead atoms. The van der Waals surface area contributed by atoms with E-state index in [-0.39, 0.29) is 10.8 Å². The van der Waals surface area contributed by atoms with E-state index in [1.54, 1.807) is 36.4 Å². The second-order valence-corrected chi connectivity index (χ2v) is 9.76. The van der Waals surface area contributed by atoms with Crippen molar-refractivity contribution in [3.8, 4) is 0 Å². The molecule has 0 radical (unpaired) electrons. The number of thioether (sulfide) groups is 2. The van der Waals surface area contributed by atoms with E-state index in [0.717, 1.165) is 5.69 Å². The Bertz CT molecular complexity index is 1210. The van der Waals surface area contributed by atoms with Gasteiger partial charge in [-0.3, -0.25) is 4.79 Å². The highest BCUT2D eigenvalue weighted by atomic mass is 32.2. The van der Waals surface area contributed by atoms with Crippen molar-refractivity contribution in [1.29, 1.82) is 0 Å². The Hall–Kier alpha value is -2.50. The average molecular weight is 464 g/mol. The summed E-state index contributed by atoms with van der Waals surface area (Å²) in [5.41, 5.74) is 1.21. The first-order valence-electron chi connectivity index (χ1n) is 8.79. The predicted molar refractivity (Wildman–Crippen MR) is 118 cm³/mol. The summed E-state index contributed by atoms with van der Waals surface area (Å²) in [6, 6.07) is 13.9. The summed E-state index contributed by atoms with van der Waals surface area (Å²) in [6.45, 7) is 1.94. The van der Waals surface area contributed by atoms with Crippen LogP contribution in [0.2, 0.25) is 0 Å². The summed E-state index contributed by atoms with van der Waals surface area (Å²) >= 11 is 3.30. The molecule has 2 N–H and O–H groups in total. The van der Waals surface area contributed by atoms with Gasteiger partial charge in [0.15, 0.2) is 4.34 Å². The van der Waals surface area contributed by atoms with E-state index in [0.29, 0.717) is 42.9 Å². The Balaban J connectivity index is 1.43. The monoisotopic (exact) mass is 463 g/mol. The van der Waals surface area contributed by atoms with Gasteiger partial charge in [-0.15, -0.1) is 10.2 Å². The maximum atomic E-state index is 12.4.